The van der Waals surface area contributed by atoms with Crippen LogP contribution in [0.4, 0.5) is 17.1 Å². The van der Waals surface area contributed by atoms with E-state index in [1.54, 1.807) is 30.3 Å². The van der Waals surface area contributed by atoms with Gasteiger partial charge < -0.3 is 10.4 Å². The Bertz CT molecular complexity index is 934. The third kappa shape index (κ3) is 4.60. The summed E-state index contributed by atoms with van der Waals surface area (Å²) >= 11 is 0. The molecule has 0 radical (unpaired) electrons. The Hall–Kier alpha value is -2.65. The monoisotopic (exact) mass is 405 g/mol. The van der Waals surface area contributed by atoms with Crippen molar-refractivity contribution in [2.24, 2.45) is 5.92 Å². The van der Waals surface area contributed by atoms with Crippen molar-refractivity contribution in [3.05, 3.63) is 58.6 Å². The second-order valence-electron chi connectivity index (χ2n) is 6.86. The van der Waals surface area contributed by atoms with Crippen LogP contribution in [0.2, 0.25) is 0 Å². The summed E-state index contributed by atoms with van der Waals surface area (Å²) in [5, 5.41) is 23.9. The van der Waals surface area contributed by atoms with E-state index in [9.17, 15) is 23.6 Å². The predicted octanol–water partition coefficient (Wildman–Crippen LogP) is 3.36. The fourth-order valence-electron chi connectivity index (χ4n) is 3.61. The summed E-state index contributed by atoms with van der Waals surface area (Å²) in [6.07, 6.45) is 3.44. The number of rotatable bonds is 8. The van der Waals surface area contributed by atoms with Crippen molar-refractivity contribution in [1.29, 1.82) is 0 Å². The molecule has 2 atom stereocenters. The van der Waals surface area contributed by atoms with E-state index in [-0.39, 0.29) is 29.1 Å². The number of nitrogens with one attached hydrogen (secondary N) is 2. The van der Waals surface area contributed by atoms with Crippen LogP contribution in [0.25, 0.3) is 0 Å². The van der Waals surface area contributed by atoms with Crippen LogP contribution >= 0.6 is 0 Å². The molecular formula is C19H23N3O5S. The Morgan fingerprint density at radius 3 is 2.57 bits per heavy atom. The molecular weight excluding hydrogens is 382 g/mol. The zero-order valence-corrected chi connectivity index (χ0v) is 16.1. The van der Waals surface area contributed by atoms with Crippen LogP contribution in [0.15, 0.2) is 53.4 Å². The predicted molar refractivity (Wildman–Crippen MR) is 107 cm³/mol. The summed E-state index contributed by atoms with van der Waals surface area (Å²) in [6.45, 7) is 0.0767. The van der Waals surface area contributed by atoms with E-state index < -0.39 is 14.9 Å². The van der Waals surface area contributed by atoms with E-state index >= 15 is 0 Å². The molecule has 0 bridgehead atoms. The first-order valence-corrected chi connectivity index (χ1v) is 10.6. The molecule has 3 rings (SSSR count). The van der Waals surface area contributed by atoms with E-state index in [4.69, 9.17) is 0 Å². The van der Waals surface area contributed by atoms with Crippen molar-refractivity contribution in [2.45, 2.75) is 36.6 Å². The highest BCUT2D eigenvalue weighted by molar-refractivity contribution is 7.92. The van der Waals surface area contributed by atoms with Gasteiger partial charge in [-0.05, 0) is 49.4 Å². The quantitative estimate of drug-likeness (QED) is 0.457. The van der Waals surface area contributed by atoms with Gasteiger partial charge in [-0.15, -0.1) is 0 Å². The lowest BCUT2D eigenvalue weighted by molar-refractivity contribution is -0.384. The van der Waals surface area contributed by atoms with Crippen molar-refractivity contribution in [3.8, 4) is 0 Å². The van der Waals surface area contributed by atoms with Gasteiger partial charge in [0.05, 0.1) is 9.82 Å². The summed E-state index contributed by atoms with van der Waals surface area (Å²) in [5.41, 5.74) is 0.384. The molecule has 28 heavy (non-hydrogen) atoms. The summed E-state index contributed by atoms with van der Waals surface area (Å²) < 4.78 is 27.6. The van der Waals surface area contributed by atoms with Crippen molar-refractivity contribution < 1.29 is 18.4 Å². The summed E-state index contributed by atoms with van der Waals surface area (Å²) in [6, 6.07) is 12.2. The molecule has 1 fully saturated rings. The minimum atomic E-state index is -3.95. The highest BCUT2D eigenvalue weighted by atomic mass is 32.2. The van der Waals surface area contributed by atoms with E-state index in [2.05, 4.69) is 10.0 Å². The van der Waals surface area contributed by atoms with Gasteiger partial charge in [-0.3, -0.25) is 14.8 Å². The molecule has 150 valence electrons. The van der Waals surface area contributed by atoms with Crippen molar-refractivity contribution in [3.63, 3.8) is 0 Å². The van der Waals surface area contributed by atoms with Gasteiger partial charge in [-0.2, -0.15) is 0 Å². The lowest BCUT2D eigenvalue weighted by Crippen LogP contribution is -2.25. The number of benzene rings is 2. The second-order valence-corrected chi connectivity index (χ2v) is 8.54. The maximum absolute atomic E-state index is 12.6. The first-order valence-electron chi connectivity index (χ1n) is 9.14. The molecule has 9 heteroatoms. The molecule has 2 aromatic carbocycles. The Kier molecular flexibility index (Phi) is 6.15. The zero-order valence-electron chi connectivity index (χ0n) is 15.2. The lowest BCUT2D eigenvalue weighted by atomic mass is 9.99. The number of hydrogen-bond acceptors (Lipinski definition) is 6. The van der Waals surface area contributed by atoms with Gasteiger partial charge in [0.1, 0.15) is 5.69 Å². The zero-order chi connectivity index (χ0) is 20.1. The van der Waals surface area contributed by atoms with Crippen molar-refractivity contribution in [1.82, 2.24) is 0 Å². The Labute approximate surface area is 163 Å². The van der Waals surface area contributed by atoms with E-state index in [0.29, 0.717) is 17.8 Å². The molecule has 2 aromatic rings. The molecule has 8 nitrogen and oxygen atoms in total. The molecule has 0 aromatic heterocycles. The van der Waals surface area contributed by atoms with Gasteiger partial charge in [0.25, 0.3) is 15.7 Å². The number of aliphatic hydroxyl groups is 1. The Balaban J connectivity index is 1.86. The van der Waals surface area contributed by atoms with Gasteiger partial charge in [0.15, 0.2) is 0 Å². The fraction of sp³-hybridized carbons (Fsp3) is 0.368. The number of hydrogen-bond donors (Lipinski definition) is 3. The summed E-state index contributed by atoms with van der Waals surface area (Å²) in [5.74, 6) is 0.243. The Morgan fingerprint density at radius 2 is 1.89 bits per heavy atom. The first kappa shape index (κ1) is 20.1. The first-order chi connectivity index (χ1) is 13.4. The average Bonchev–Trinajstić information content (AvgIpc) is 3.09. The molecule has 3 N–H and O–H groups in total. The average molecular weight is 405 g/mol. The maximum Gasteiger partial charge on any atom is 0.293 e. The number of para-hydroxylation sites is 1. The maximum atomic E-state index is 12.6. The number of aliphatic hydroxyl groups excluding tert-OH is 1. The number of sulfonamides is 1. The minimum absolute atomic E-state index is 0.0238. The largest absolute Gasteiger partial charge is 0.396 e. The van der Waals surface area contributed by atoms with Crippen LogP contribution in [0.5, 0.6) is 0 Å². The van der Waals surface area contributed by atoms with Crippen LogP contribution in [0.1, 0.15) is 25.7 Å². The number of nitro benzene ring substituents is 1. The summed E-state index contributed by atoms with van der Waals surface area (Å²) in [4.78, 5) is 10.8. The highest BCUT2D eigenvalue weighted by Crippen LogP contribution is 2.35. The number of anilines is 2. The molecule has 0 spiro atoms. The normalized spacial score (nSPS) is 19.3. The van der Waals surface area contributed by atoms with Crippen molar-refractivity contribution in [2.75, 3.05) is 16.6 Å². The van der Waals surface area contributed by atoms with Crippen molar-refractivity contribution >= 4 is 27.1 Å². The standard InChI is InChI=1S/C19H23N3O5S/c23-12-11-14-5-4-8-17(14)20-18-10-9-16(13-19(18)22(24)25)28(26,27)21-15-6-2-1-3-7-15/h1-3,6-7,9-10,13-14,17,20-21,23H,4-5,8,11-12H2. The van der Waals surface area contributed by atoms with Gasteiger partial charge >= 0.3 is 0 Å². The molecule has 0 amide bonds. The third-order valence-electron chi connectivity index (χ3n) is 5.00. The molecule has 0 saturated heterocycles. The Morgan fingerprint density at radius 1 is 1.14 bits per heavy atom. The molecule has 0 heterocycles. The van der Waals surface area contributed by atoms with Crippen LogP contribution in [-0.4, -0.2) is 31.1 Å². The van der Waals surface area contributed by atoms with Gasteiger partial charge in [-0.25, -0.2) is 8.42 Å². The number of nitro groups is 1. The fourth-order valence-corrected chi connectivity index (χ4v) is 4.69. The van der Waals surface area contributed by atoms with Crippen LogP contribution < -0.4 is 10.0 Å². The lowest BCUT2D eigenvalue weighted by Gasteiger charge is -2.21. The minimum Gasteiger partial charge on any atom is -0.396 e. The number of nitrogens with zero attached hydrogens (tertiary/aromatic N) is 1. The third-order valence-corrected chi connectivity index (χ3v) is 6.38. The van der Waals surface area contributed by atoms with E-state index in [1.165, 1.54) is 12.1 Å². The summed E-state index contributed by atoms with van der Waals surface area (Å²) in [7, 11) is -3.95. The van der Waals surface area contributed by atoms with Crippen LogP contribution in [-0.2, 0) is 10.0 Å². The van der Waals surface area contributed by atoms with E-state index in [1.807, 2.05) is 0 Å². The van der Waals surface area contributed by atoms with Gasteiger partial charge in [-0.1, -0.05) is 24.6 Å². The van der Waals surface area contributed by atoms with Crippen LogP contribution in [0.3, 0.4) is 0 Å². The van der Waals surface area contributed by atoms with Gasteiger partial charge in [0, 0.05) is 24.4 Å². The molecule has 2 unspecified atom stereocenters. The second kappa shape index (κ2) is 8.57. The SMILES string of the molecule is O=[N+]([O-])c1cc(S(=O)(=O)Nc2ccccc2)ccc1NC1CCCC1CCO. The topological polar surface area (TPSA) is 122 Å². The smallest absolute Gasteiger partial charge is 0.293 e. The highest BCUT2D eigenvalue weighted by Gasteiger charge is 2.29. The molecule has 1 saturated carbocycles. The molecule has 1 aliphatic carbocycles. The molecule has 0 aliphatic heterocycles. The molecule has 1 aliphatic rings. The van der Waals surface area contributed by atoms with E-state index in [0.717, 1.165) is 25.3 Å². The van der Waals surface area contributed by atoms with Crippen LogP contribution in [0, 0.1) is 16.0 Å². The van der Waals surface area contributed by atoms with Gasteiger partial charge in [0.2, 0.25) is 0 Å².